The van der Waals surface area contributed by atoms with Gasteiger partial charge in [0, 0.05) is 23.5 Å². The van der Waals surface area contributed by atoms with Crippen molar-refractivity contribution < 1.29 is 9.21 Å². The topological polar surface area (TPSA) is 76.3 Å². The number of fused-ring (bicyclic) bond motifs is 1. The molecule has 0 fully saturated rings. The van der Waals surface area contributed by atoms with Gasteiger partial charge in [-0.05, 0) is 50.1 Å². The summed E-state index contributed by atoms with van der Waals surface area (Å²) in [5, 5.41) is 5.52. The third kappa shape index (κ3) is 3.57. The lowest BCUT2D eigenvalue weighted by molar-refractivity contribution is 0.262. The van der Waals surface area contributed by atoms with Crippen LogP contribution in [-0.4, -0.2) is 10.6 Å². The highest BCUT2D eigenvalue weighted by atomic mass is 16.4. The van der Waals surface area contributed by atoms with Crippen LogP contribution in [0.2, 0.25) is 0 Å². The van der Waals surface area contributed by atoms with Crippen molar-refractivity contribution in [1.29, 1.82) is 0 Å². The number of aryl methyl sites for hydroxylation is 1. The largest absolute Gasteiger partial charge is 0.420 e. The molecular weight excluding hydrogens is 318 g/mol. The number of aromatic nitrogens is 1. The van der Waals surface area contributed by atoms with Crippen LogP contribution in [0.5, 0.6) is 0 Å². The van der Waals surface area contributed by atoms with Crippen LogP contribution in [-0.2, 0) is 6.42 Å². The minimum absolute atomic E-state index is 0.00181. The zero-order valence-corrected chi connectivity index (χ0v) is 14.5. The Morgan fingerprint density at radius 1 is 1.08 bits per heavy atom. The first-order valence-corrected chi connectivity index (χ1v) is 8.30. The lowest BCUT2D eigenvalue weighted by Gasteiger charge is -2.09. The monoisotopic (exact) mass is 339 g/mol. The molecule has 1 aromatic heterocycles. The van der Waals surface area contributed by atoms with Crippen molar-refractivity contribution >= 4 is 28.5 Å². The maximum atomic E-state index is 12.1. The van der Waals surface area contributed by atoms with E-state index in [4.69, 9.17) is 4.42 Å². The number of rotatable bonds is 4. The predicted molar refractivity (Wildman–Crippen MR) is 99.3 cm³/mol. The standard InChI is InChI=1S/C19H21N3O3/c1-4-13-5-7-14(8-6-13)20-18(23)21-15-9-10-16-17(11-15)25-19(24)22(16)12(2)3/h5-12H,4H2,1-3H3,(H2,20,21,23). The molecule has 0 radical (unpaired) electrons. The van der Waals surface area contributed by atoms with E-state index >= 15 is 0 Å². The summed E-state index contributed by atoms with van der Waals surface area (Å²) in [7, 11) is 0. The Morgan fingerprint density at radius 2 is 1.72 bits per heavy atom. The van der Waals surface area contributed by atoms with Crippen molar-refractivity contribution in [2.45, 2.75) is 33.2 Å². The van der Waals surface area contributed by atoms with E-state index in [-0.39, 0.29) is 12.1 Å². The van der Waals surface area contributed by atoms with Crippen LogP contribution in [0.15, 0.2) is 51.7 Å². The van der Waals surface area contributed by atoms with Crippen LogP contribution in [0.25, 0.3) is 11.1 Å². The zero-order valence-electron chi connectivity index (χ0n) is 14.5. The summed E-state index contributed by atoms with van der Waals surface area (Å²) >= 11 is 0. The summed E-state index contributed by atoms with van der Waals surface area (Å²) in [4.78, 5) is 24.0. The van der Waals surface area contributed by atoms with Crippen molar-refractivity contribution in [2.24, 2.45) is 0 Å². The molecule has 0 aliphatic carbocycles. The zero-order chi connectivity index (χ0) is 18.0. The highest BCUT2D eigenvalue weighted by Gasteiger charge is 2.13. The third-order valence-electron chi connectivity index (χ3n) is 4.01. The molecule has 0 saturated carbocycles. The van der Waals surface area contributed by atoms with E-state index in [1.54, 1.807) is 22.8 Å². The highest BCUT2D eigenvalue weighted by molar-refractivity contribution is 6.00. The van der Waals surface area contributed by atoms with Gasteiger partial charge in [0.2, 0.25) is 0 Å². The van der Waals surface area contributed by atoms with Crippen LogP contribution >= 0.6 is 0 Å². The molecule has 2 N–H and O–H groups in total. The van der Waals surface area contributed by atoms with Gasteiger partial charge in [-0.2, -0.15) is 0 Å². The normalized spacial score (nSPS) is 11.0. The molecule has 25 heavy (non-hydrogen) atoms. The van der Waals surface area contributed by atoms with Gasteiger partial charge >= 0.3 is 11.8 Å². The molecule has 6 heteroatoms. The van der Waals surface area contributed by atoms with Gasteiger partial charge in [-0.3, -0.25) is 4.57 Å². The quantitative estimate of drug-likeness (QED) is 0.740. The molecule has 6 nitrogen and oxygen atoms in total. The van der Waals surface area contributed by atoms with E-state index in [1.807, 2.05) is 38.1 Å². The number of carbonyl (C=O) groups is 1. The van der Waals surface area contributed by atoms with Gasteiger partial charge in [-0.1, -0.05) is 19.1 Å². The van der Waals surface area contributed by atoms with Crippen LogP contribution in [0.3, 0.4) is 0 Å². The smallest absolute Gasteiger partial charge is 0.408 e. The maximum Gasteiger partial charge on any atom is 0.420 e. The van der Waals surface area contributed by atoms with E-state index in [0.717, 1.165) is 6.42 Å². The minimum atomic E-state index is -0.400. The second kappa shape index (κ2) is 6.84. The Labute approximate surface area is 145 Å². The van der Waals surface area contributed by atoms with E-state index < -0.39 is 5.76 Å². The Morgan fingerprint density at radius 3 is 2.36 bits per heavy atom. The summed E-state index contributed by atoms with van der Waals surface area (Å²) in [6, 6.07) is 12.5. The first-order valence-electron chi connectivity index (χ1n) is 8.30. The number of hydrogen-bond acceptors (Lipinski definition) is 3. The van der Waals surface area contributed by atoms with Crippen LogP contribution in [0, 0.1) is 0 Å². The van der Waals surface area contributed by atoms with Crippen LogP contribution in [0.1, 0.15) is 32.4 Å². The van der Waals surface area contributed by atoms with Gasteiger partial charge in [0.25, 0.3) is 0 Å². The number of benzene rings is 2. The van der Waals surface area contributed by atoms with E-state index in [1.165, 1.54) is 5.56 Å². The van der Waals surface area contributed by atoms with Crippen molar-refractivity contribution in [2.75, 3.05) is 10.6 Å². The van der Waals surface area contributed by atoms with E-state index in [2.05, 4.69) is 17.6 Å². The molecule has 0 bridgehead atoms. The second-order valence-corrected chi connectivity index (χ2v) is 6.14. The number of nitrogens with zero attached hydrogens (tertiary/aromatic N) is 1. The first kappa shape index (κ1) is 16.8. The summed E-state index contributed by atoms with van der Waals surface area (Å²) in [6.45, 7) is 5.91. The lowest BCUT2D eigenvalue weighted by atomic mass is 10.1. The molecule has 0 saturated heterocycles. The molecule has 0 aliphatic heterocycles. The van der Waals surface area contributed by atoms with Gasteiger partial charge in [0.1, 0.15) is 0 Å². The summed E-state index contributed by atoms with van der Waals surface area (Å²) < 4.78 is 6.84. The summed E-state index contributed by atoms with van der Waals surface area (Å²) in [5.74, 6) is -0.400. The van der Waals surface area contributed by atoms with Crippen LogP contribution < -0.4 is 16.4 Å². The molecular formula is C19H21N3O3. The number of urea groups is 1. The molecule has 3 rings (SSSR count). The summed E-state index contributed by atoms with van der Waals surface area (Å²) in [5.41, 5.74) is 3.64. The second-order valence-electron chi connectivity index (χ2n) is 6.14. The fourth-order valence-electron chi connectivity index (χ4n) is 2.72. The number of carbonyl (C=O) groups excluding carboxylic acids is 1. The molecule has 0 unspecified atom stereocenters. The van der Waals surface area contributed by atoms with Crippen molar-refractivity contribution in [3.63, 3.8) is 0 Å². The Balaban J connectivity index is 1.75. The summed E-state index contributed by atoms with van der Waals surface area (Å²) in [6.07, 6.45) is 0.952. The fraction of sp³-hybridized carbons (Fsp3) is 0.263. The van der Waals surface area contributed by atoms with Gasteiger partial charge in [0.05, 0.1) is 5.52 Å². The molecule has 130 valence electrons. The van der Waals surface area contributed by atoms with Gasteiger partial charge in [-0.15, -0.1) is 0 Å². The van der Waals surface area contributed by atoms with Crippen molar-refractivity contribution in [3.8, 4) is 0 Å². The van der Waals surface area contributed by atoms with Gasteiger partial charge < -0.3 is 15.1 Å². The Bertz CT molecular complexity index is 952. The Hall–Kier alpha value is -3.02. The lowest BCUT2D eigenvalue weighted by Crippen LogP contribution is -2.19. The molecule has 1 heterocycles. The maximum absolute atomic E-state index is 12.1. The van der Waals surface area contributed by atoms with Gasteiger partial charge in [0.15, 0.2) is 5.58 Å². The molecule has 2 aromatic carbocycles. The number of nitrogens with one attached hydrogen (secondary N) is 2. The number of anilines is 2. The molecule has 0 aliphatic rings. The molecule has 0 spiro atoms. The van der Waals surface area contributed by atoms with Crippen LogP contribution in [0.4, 0.5) is 16.2 Å². The average Bonchev–Trinajstić information content (AvgIpc) is 2.90. The molecule has 2 amide bonds. The average molecular weight is 339 g/mol. The molecule has 3 aromatic rings. The van der Waals surface area contributed by atoms with Crippen molar-refractivity contribution in [1.82, 2.24) is 4.57 Å². The van der Waals surface area contributed by atoms with E-state index in [0.29, 0.717) is 22.5 Å². The van der Waals surface area contributed by atoms with Gasteiger partial charge in [-0.25, -0.2) is 9.59 Å². The van der Waals surface area contributed by atoms with E-state index in [9.17, 15) is 9.59 Å². The highest BCUT2D eigenvalue weighted by Crippen LogP contribution is 2.21. The fourth-order valence-corrected chi connectivity index (χ4v) is 2.72. The number of amides is 2. The Kier molecular flexibility index (Phi) is 4.61. The minimum Gasteiger partial charge on any atom is -0.408 e. The third-order valence-corrected chi connectivity index (χ3v) is 4.01. The van der Waals surface area contributed by atoms with Crippen molar-refractivity contribution in [3.05, 3.63) is 58.6 Å². The molecule has 0 atom stereocenters. The SMILES string of the molecule is CCc1ccc(NC(=O)Nc2ccc3c(c2)oc(=O)n3C(C)C)cc1. The number of oxazole rings is 1. The predicted octanol–water partition coefficient (Wildman–Crippen LogP) is 4.38. The number of hydrogen-bond donors (Lipinski definition) is 2. The first-order chi connectivity index (χ1) is 12.0.